The van der Waals surface area contributed by atoms with E-state index in [9.17, 15) is 9.59 Å². The van der Waals surface area contributed by atoms with Crippen LogP contribution in [-0.2, 0) is 9.59 Å². The maximum absolute atomic E-state index is 12.0. The van der Waals surface area contributed by atoms with Gasteiger partial charge in [-0.1, -0.05) is 36.2 Å². The number of carbonyl (C=O) groups is 2. The Bertz CT molecular complexity index is 535. The van der Waals surface area contributed by atoms with E-state index in [2.05, 4.69) is 5.32 Å². The monoisotopic (exact) mass is 332 g/mol. The van der Waals surface area contributed by atoms with E-state index in [4.69, 9.17) is 28.3 Å². The highest BCUT2D eigenvalue weighted by Gasteiger charge is 2.16. The van der Waals surface area contributed by atoms with Crippen molar-refractivity contribution >= 4 is 40.8 Å². The Hall–Kier alpha value is -1.30. The van der Waals surface area contributed by atoms with Crippen LogP contribution in [-0.4, -0.2) is 41.5 Å². The lowest BCUT2D eigenvalue weighted by atomic mass is 10.2. The molecule has 2 N–H and O–H groups in total. The third-order valence-corrected chi connectivity index (χ3v) is 3.62. The van der Waals surface area contributed by atoms with Crippen LogP contribution in [0.2, 0.25) is 10.0 Å². The van der Waals surface area contributed by atoms with Crippen molar-refractivity contribution in [2.24, 2.45) is 0 Å². The number of hydrogen-bond acceptors (Lipinski definition) is 3. The van der Waals surface area contributed by atoms with Crippen LogP contribution in [0.15, 0.2) is 12.1 Å². The van der Waals surface area contributed by atoms with Crippen LogP contribution in [0.4, 0.5) is 5.69 Å². The average molecular weight is 333 g/mol. The third kappa shape index (κ3) is 5.53. The molecular weight excluding hydrogens is 315 g/mol. The lowest BCUT2D eigenvalue weighted by Gasteiger charge is -2.19. The van der Waals surface area contributed by atoms with Crippen LogP contribution < -0.4 is 5.32 Å². The van der Waals surface area contributed by atoms with Gasteiger partial charge in [-0.25, -0.2) is 0 Å². The molecule has 0 spiro atoms. The zero-order valence-electron chi connectivity index (χ0n) is 11.9. The van der Waals surface area contributed by atoms with Crippen molar-refractivity contribution in [3.63, 3.8) is 0 Å². The van der Waals surface area contributed by atoms with Gasteiger partial charge in [0.1, 0.15) is 0 Å². The summed E-state index contributed by atoms with van der Waals surface area (Å²) in [5, 5.41) is 12.2. The van der Waals surface area contributed by atoms with E-state index in [-0.39, 0.29) is 19.0 Å². The first-order chi connectivity index (χ1) is 9.85. The van der Waals surface area contributed by atoms with Crippen LogP contribution >= 0.6 is 23.2 Å². The summed E-state index contributed by atoms with van der Waals surface area (Å²) in [4.78, 5) is 24.3. The summed E-state index contributed by atoms with van der Waals surface area (Å²) >= 11 is 12.1. The number of halogens is 2. The number of hydrogen-bond donors (Lipinski definition) is 2. The van der Waals surface area contributed by atoms with Gasteiger partial charge in [-0.05, 0) is 31.5 Å². The third-order valence-electron chi connectivity index (χ3n) is 2.81. The molecule has 0 unspecified atom stereocenters. The molecule has 0 radical (unpaired) electrons. The molecule has 0 aliphatic heterocycles. The number of aryl methyl sites for hydroxylation is 1. The second-order valence-corrected chi connectivity index (χ2v) is 5.49. The van der Waals surface area contributed by atoms with Crippen molar-refractivity contribution in [1.82, 2.24) is 4.90 Å². The minimum Gasteiger partial charge on any atom is -0.480 e. The van der Waals surface area contributed by atoms with Gasteiger partial charge in [-0.2, -0.15) is 0 Å². The number of carboxylic acids is 1. The number of benzene rings is 1. The van der Waals surface area contributed by atoms with E-state index in [1.807, 2.05) is 13.8 Å². The predicted molar refractivity (Wildman–Crippen MR) is 84.2 cm³/mol. The Balaban J connectivity index is 2.76. The Morgan fingerprint density at radius 1 is 1.29 bits per heavy atom. The molecule has 0 saturated carbocycles. The quantitative estimate of drug-likeness (QED) is 0.805. The summed E-state index contributed by atoms with van der Waals surface area (Å²) in [6.07, 6.45) is 0.756. The van der Waals surface area contributed by atoms with Gasteiger partial charge in [0.25, 0.3) is 0 Å². The fraction of sp³-hybridized carbons (Fsp3) is 0.429. The fourth-order valence-electron chi connectivity index (χ4n) is 1.87. The van der Waals surface area contributed by atoms with E-state index >= 15 is 0 Å². The molecule has 0 bridgehead atoms. The molecule has 0 aliphatic carbocycles. The summed E-state index contributed by atoms with van der Waals surface area (Å²) in [6, 6.07) is 3.41. The summed E-state index contributed by atoms with van der Waals surface area (Å²) in [5.41, 5.74) is 1.16. The number of anilines is 1. The van der Waals surface area contributed by atoms with Gasteiger partial charge < -0.3 is 10.4 Å². The van der Waals surface area contributed by atoms with Gasteiger partial charge in [-0.15, -0.1) is 0 Å². The molecule has 0 saturated heterocycles. The molecule has 116 valence electrons. The Kier molecular flexibility index (Phi) is 6.95. The fourth-order valence-corrected chi connectivity index (χ4v) is 2.34. The molecule has 1 aromatic rings. The molecule has 1 rings (SSSR count). The first-order valence-corrected chi connectivity index (χ1v) is 7.29. The largest absolute Gasteiger partial charge is 0.480 e. The van der Waals surface area contributed by atoms with Crippen molar-refractivity contribution < 1.29 is 14.7 Å². The van der Waals surface area contributed by atoms with E-state index in [0.29, 0.717) is 22.3 Å². The predicted octanol–water partition coefficient (Wildman–Crippen LogP) is 3.04. The SMILES string of the molecule is CCCN(CC(=O)O)CC(=O)Nc1c(Cl)ccc(C)c1Cl. The second-order valence-electron chi connectivity index (χ2n) is 4.71. The van der Waals surface area contributed by atoms with Gasteiger partial charge in [0.2, 0.25) is 5.91 Å². The molecule has 0 aliphatic rings. The topological polar surface area (TPSA) is 69.6 Å². The summed E-state index contributed by atoms with van der Waals surface area (Å²) < 4.78 is 0. The van der Waals surface area contributed by atoms with Crippen LogP contribution in [0.1, 0.15) is 18.9 Å². The van der Waals surface area contributed by atoms with Crippen molar-refractivity contribution in [2.75, 3.05) is 25.0 Å². The van der Waals surface area contributed by atoms with Gasteiger partial charge in [0, 0.05) is 0 Å². The minimum absolute atomic E-state index is 0.0270. The van der Waals surface area contributed by atoms with Gasteiger partial charge in [-0.3, -0.25) is 14.5 Å². The molecule has 5 nitrogen and oxygen atoms in total. The van der Waals surface area contributed by atoms with E-state index < -0.39 is 5.97 Å². The zero-order valence-corrected chi connectivity index (χ0v) is 13.5. The molecule has 0 aromatic heterocycles. The standard InChI is InChI=1S/C14H18Cl2N2O3/c1-3-6-18(8-12(20)21)7-11(19)17-14-10(15)5-4-9(2)13(14)16/h4-5H,3,6-8H2,1-2H3,(H,17,19)(H,20,21). The second kappa shape index (κ2) is 8.22. The smallest absolute Gasteiger partial charge is 0.317 e. The maximum Gasteiger partial charge on any atom is 0.317 e. The Morgan fingerprint density at radius 3 is 2.52 bits per heavy atom. The molecule has 21 heavy (non-hydrogen) atoms. The molecule has 0 atom stereocenters. The molecule has 1 aromatic carbocycles. The number of carboxylic acid groups (broad SMARTS) is 1. The van der Waals surface area contributed by atoms with Crippen molar-refractivity contribution in [2.45, 2.75) is 20.3 Å². The normalized spacial score (nSPS) is 10.7. The summed E-state index contributed by atoms with van der Waals surface area (Å²) in [6.45, 7) is 4.04. The van der Waals surface area contributed by atoms with E-state index in [0.717, 1.165) is 12.0 Å². The van der Waals surface area contributed by atoms with Crippen molar-refractivity contribution in [1.29, 1.82) is 0 Å². The highest BCUT2D eigenvalue weighted by atomic mass is 35.5. The first-order valence-electron chi connectivity index (χ1n) is 6.53. The number of rotatable bonds is 7. The number of aliphatic carboxylic acids is 1. The van der Waals surface area contributed by atoms with Crippen LogP contribution in [0.3, 0.4) is 0 Å². The van der Waals surface area contributed by atoms with Crippen molar-refractivity contribution in [3.05, 3.63) is 27.7 Å². The number of amides is 1. The Morgan fingerprint density at radius 2 is 1.95 bits per heavy atom. The lowest BCUT2D eigenvalue weighted by Crippen LogP contribution is -2.37. The van der Waals surface area contributed by atoms with Crippen LogP contribution in [0.25, 0.3) is 0 Å². The Labute approximate surface area is 133 Å². The molecule has 7 heteroatoms. The van der Waals surface area contributed by atoms with E-state index in [1.165, 1.54) is 0 Å². The number of nitrogens with zero attached hydrogens (tertiary/aromatic N) is 1. The lowest BCUT2D eigenvalue weighted by molar-refractivity contribution is -0.138. The molecule has 0 heterocycles. The van der Waals surface area contributed by atoms with Gasteiger partial charge >= 0.3 is 5.97 Å². The van der Waals surface area contributed by atoms with Gasteiger partial charge in [0.15, 0.2) is 0 Å². The summed E-state index contributed by atoms with van der Waals surface area (Å²) in [7, 11) is 0. The average Bonchev–Trinajstić information content (AvgIpc) is 2.39. The first kappa shape index (κ1) is 17.8. The number of nitrogens with one attached hydrogen (secondary N) is 1. The van der Waals surface area contributed by atoms with Crippen molar-refractivity contribution in [3.8, 4) is 0 Å². The van der Waals surface area contributed by atoms with E-state index in [1.54, 1.807) is 17.0 Å². The molecule has 1 amide bonds. The van der Waals surface area contributed by atoms with Crippen LogP contribution in [0.5, 0.6) is 0 Å². The number of carbonyl (C=O) groups excluding carboxylic acids is 1. The summed E-state index contributed by atoms with van der Waals surface area (Å²) in [5.74, 6) is -1.32. The van der Waals surface area contributed by atoms with Gasteiger partial charge in [0.05, 0.1) is 28.8 Å². The molecule has 0 fully saturated rings. The zero-order chi connectivity index (χ0) is 16.0. The minimum atomic E-state index is -0.970. The highest BCUT2D eigenvalue weighted by Crippen LogP contribution is 2.32. The van der Waals surface area contributed by atoms with Crippen LogP contribution in [0, 0.1) is 6.92 Å². The molecular formula is C14H18Cl2N2O3. The maximum atomic E-state index is 12.0. The highest BCUT2D eigenvalue weighted by molar-refractivity contribution is 6.40.